The number of carbonyl (C=O) groups is 2. The second-order valence-electron chi connectivity index (χ2n) is 6.13. The van der Waals surface area contributed by atoms with E-state index in [0.717, 1.165) is 16.6 Å². The minimum atomic E-state index is -0.468. The molecule has 0 unspecified atom stereocenters. The Kier molecular flexibility index (Phi) is 4.84. The molecule has 0 saturated heterocycles. The summed E-state index contributed by atoms with van der Waals surface area (Å²) in [5.74, 6) is -0.767. The van der Waals surface area contributed by atoms with Crippen LogP contribution in [0.25, 0.3) is 10.9 Å². The Morgan fingerprint density at radius 1 is 1.22 bits per heavy atom. The third-order valence-electron chi connectivity index (χ3n) is 3.87. The molecule has 9 nitrogen and oxygen atoms in total. The van der Waals surface area contributed by atoms with Crippen molar-refractivity contribution in [3.05, 3.63) is 53.5 Å². The van der Waals surface area contributed by atoms with Crippen molar-refractivity contribution < 1.29 is 9.59 Å². The second-order valence-corrected chi connectivity index (χ2v) is 6.13. The molecule has 0 saturated carbocycles. The number of fused-ring (bicyclic) bond motifs is 1. The van der Waals surface area contributed by atoms with Crippen molar-refractivity contribution in [2.45, 2.75) is 6.92 Å². The van der Waals surface area contributed by atoms with Crippen LogP contribution in [0.4, 0.5) is 5.69 Å². The average molecular weight is 365 g/mol. The van der Waals surface area contributed by atoms with Gasteiger partial charge in [0.15, 0.2) is 0 Å². The quantitative estimate of drug-likeness (QED) is 0.476. The van der Waals surface area contributed by atoms with Gasteiger partial charge in [-0.05, 0) is 37.3 Å². The van der Waals surface area contributed by atoms with Crippen molar-refractivity contribution >= 4 is 34.4 Å². The van der Waals surface area contributed by atoms with Gasteiger partial charge in [0.1, 0.15) is 5.69 Å². The molecule has 0 aliphatic rings. The highest BCUT2D eigenvalue weighted by Gasteiger charge is 2.12. The number of H-pyrrole nitrogens is 1. The molecule has 4 N–H and O–H groups in total. The third kappa shape index (κ3) is 3.92. The van der Waals surface area contributed by atoms with Crippen molar-refractivity contribution in [3.63, 3.8) is 0 Å². The number of nitrogens with two attached hydrogens (primary N) is 1. The number of hydrogen-bond donors (Lipinski definition) is 3. The van der Waals surface area contributed by atoms with Crippen molar-refractivity contribution in [1.29, 1.82) is 0 Å². The van der Waals surface area contributed by atoms with E-state index >= 15 is 0 Å². The van der Waals surface area contributed by atoms with Crippen LogP contribution in [-0.2, 0) is 0 Å². The predicted molar refractivity (Wildman–Crippen MR) is 102 cm³/mol. The van der Waals surface area contributed by atoms with E-state index in [-0.39, 0.29) is 23.1 Å². The summed E-state index contributed by atoms with van der Waals surface area (Å²) < 4.78 is 0. The lowest BCUT2D eigenvalue weighted by atomic mass is 10.2. The van der Waals surface area contributed by atoms with E-state index in [0.29, 0.717) is 5.69 Å². The number of pyridine rings is 1. The van der Waals surface area contributed by atoms with Gasteiger partial charge in [0.2, 0.25) is 5.96 Å². The fraction of sp³-hybridized carbons (Fsp3) is 0.167. The number of benzene rings is 1. The molecule has 2 amide bonds. The predicted octanol–water partition coefficient (Wildman–Crippen LogP) is 1.34. The van der Waals surface area contributed by atoms with Gasteiger partial charge < -0.3 is 10.6 Å². The van der Waals surface area contributed by atoms with Crippen LogP contribution >= 0.6 is 0 Å². The number of carbonyl (C=O) groups excluding carboxylic acids is 2. The number of aryl methyl sites for hydroxylation is 1. The zero-order valence-electron chi connectivity index (χ0n) is 15.1. The number of amides is 2. The van der Waals surface area contributed by atoms with E-state index in [2.05, 4.69) is 25.5 Å². The number of aromatic nitrogens is 3. The summed E-state index contributed by atoms with van der Waals surface area (Å²) in [7, 11) is 3.26. The Labute approximate surface area is 155 Å². The molecular formula is C18H19N7O2. The minimum Gasteiger partial charge on any atom is -0.369 e. The number of rotatable bonds is 3. The zero-order valence-corrected chi connectivity index (χ0v) is 15.1. The van der Waals surface area contributed by atoms with Gasteiger partial charge in [-0.2, -0.15) is 5.10 Å². The molecule has 0 bridgehead atoms. The molecule has 3 aromatic rings. The highest BCUT2D eigenvalue weighted by atomic mass is 16.2. The van der Waals surface area contributed by atoms with Crippen LogP contribution in [0.15, 0.2) is 41.5 Å². The average Bonchev–Trinajstić information content (AvgIpc) is 3.01. The highest BCUT2D eigenvalue weighted by molar-refractivity contribution is 6.06. The van der Waals surface area contributed by atoms with Crippen LogP contribution in [0.1, 0.15) is 26.5 Å². The molecule has 0 spiro atoms. The van der Waals surface area contributed by atoms with E-state index in [1.165, 1.54) is 23.2 Å². The molecule has 0 radical (unpaired) electrons. The summed E-state index contributed by atoms with van der Waals surface area (Å²) in [4.78, 5) is 33.7. The SMILES string of the molecule is Cc1[nH]nc2cc(N=C(N)NC(=O)c3ccc(C(=O)N(C)C)nc3)ccc12. The smallest absolute Gasteiger partial charge is 0.271 e. The van der Waals surface area contributed by atoms with Gasteiger partial charge in [0.25, 0.3) is 11.8 Å². The van der Waals surface area contributed by atoms with Gasteiger partial charge in [0, 0.05) is 31.4 Å². The molecule has 9 heteroatoms. The Hall–Kier alpha value is -3.75. The first kappa shape index (κ1) is 18.1. The highest BCUT2D eigenvalue weighted by Crippen LogP contribution is 2.21. The monoisotopic (exact) mass is 365 g/mol. The van der Waals surface area contributed by atoms with Gasteiger partial charge in [-0.15, -0.1) is 0 Å². The summed E-state index contributed by atoms with van der Waals surface area (Å²) in [6, 6.07) is 8.42. The first-order valence-corrected chi connectivity index (χ1v) is 8.13. The summed E-state index contributed by atoms with van der Waals surface area (Å²) in [6.45, 7) is 1.93. The molecule has 0 aliphatic carbocycles. The maximum Gasteiger partial charge on any atom is 0.271 e. The normalized spacial score (nSPS) is 11.4. The molecule has 0 fully saturated rings. The maximum atomic E-state index is 12.3. The lowest BCUT2D eigenvalue weighted by Gasteiger charge is -2.09. The third-order valence-corrected chi connectivity index (χ3v) is 3.87. The molecule has 2 aromatic heterocycles. The summed E-state index contributed by atoms with van der Waals surface area (Å²) in [5.41, 5.74) is 8.63. The summed E-state index contributed by atoms with van der Waals surface area (Å²) >= 11 is 0. The van der Waals surface area contributed by atoms with Gasteiger partial charge in [-0.25, -0.2) is 4.99 Å². The Bertz CT molecular complexity index is 1040. The second kappa shape index (κ2) is 7.24. The molecule has 1 aromatic carbocycles. The standard InChI is InChI=1S/C18H19N7O2/c1-10-13-6-5-12(8-15(13)24-23-10)21-18(19)22-16(26)11-4-7-14(20-9-11)17(27)25(2)3/h4-9H,1-3H3,(H,23,24)(H3,19,21,22,26). The number of aromatic amines is 1. The summed E-state index contributed by atoms with van der Waals surface area (Å²) in [6.07, 6.45) is 1.32. The first-order valence-electron chi connectivity index (χ1n) is 8.13. The molecule has 0 aliphatic heterocycles. The largest absolute Gasteiger partial charge is 0.369 e. The maximum absolute atomic E-state index is 12.3. The Morgan fingerprint density at radius 2 is 2.00 bits per heavy atom. The van der Waals surface area contributed by atoms with Gasteiger partial charge in [-0.1, -0.05) is 0 Å². The number of hydrogen-bond acceptors (Lipinski definition) is 5. The number of nitrogens with one attached hydrogen (secondary N) is 2. The van der Waals surface area contributed by atoms with Crippen LogP contribution < -0.4 is 11.1 Å². The lowest BCUT2D eigenvalue weighted by molar-refractivity contribution is 0.0821. The van der Waals surface area contributed by atoms with E-state index in [9.17, 15) is 9.59 Å². The molecule has 27 heavy (non-hydrogen) atoms. The Morgan fingerprint density at radius 3 is 2.67 bits per heavy atom. The van der Waals surface area contributed by atoms with Crippen molar-refractivity contribution in [2.24, 2.45) is 10.7 Å². The number of nitrogens with zero attached hydrogens (tertiary/aromatic N) is 4. The van der Waals surface area contributed by atoms with E-state index in [1.807, 2.05) is 13.0 Å². The zero-order chi connectivity index (χ0) is 19.6. The topological polar surface area (TPSA) is 129 Å². The minimum absolute atomic E-state index is 0.0555. The fourth-order valence-electron chi connectivity index (χ4n) is 2.44. The van der Waals surface area contributed by atoms with E-state index in [4.69, 9.17) is 5.73 Å². The van der Waals surface area contributed by atoms with E-state index < -0.39 is 5.91 Å². The Balaban J connectivity index is 1.72. The van der Waals surface area contributed by atoms with Gasteiger partial charge in [-0.3, -0.25) is 25.0 Å². The fourth-order valence-corrected chi connectivity index (χ4v) is 2.44. The van der Waals surface area contributed by atoms with E-state index in [1.54, 1.807) is 26.2 Å². The summed E-state index contributed by atoms with van der Waals surface area (Å²) in [5, 5.41) is 10.6. The molecular weight excluding hydrogens is 346 g/mol. The molecule has 138 valence electrons. The van der Waals surface area contributed by atoms with Gasteiger partial charge >= 0.3 is 0 Å². The van der Waals surface area contributed by atoms with Crippen LogP contribution in [0.2, 0.25) is 0 Å². The molecule has 3 rings (SSSR count). The van der Waals surface area contributed by atoms with Crippen molar-refractivity contribution in [3.8, 4) is 0 Å². The van der Waals surface area contributed by atoms with Crippen LogP contribution in [0.3, 0.4) is 0 Å². The lowest BCUT2D eigenvalue weighted by Crippen LogP contribution is -2.36. The van der Waals surface area contributed by atoms with Gasteiger partial charge in [0.05, 0.1) is 16.8 Å². The van der Waals surface area contributed by atoms with Crippen LogP contribution in [0, 0.1) is 6.92 Å². The number of guanidine groups is 1. The van der Waals surface area contributed by atoms with Crippen LogP contribution in [0.5, 0.6) is 0 Å². The molecule has 0 atom stereocenters. The van der Waals surface area contributed by atoms with Crippen LogP contribution in [-0.4, -0.2) is 52.0 Å². The molecule has 2 heterocycles. The first-order chi connectivity index (χ1) is 12.8. The van der Waals surface area contributed by atoms with Crippen molar-refractivity contribution in [2.75, 3.05) is 14.1 Å². The number of aliphatic imine (C=N–C) groups is 1. The van der Waals surface area contributed by atoms with Crippen molar-refractivity contribution in [1.82, 2.24) is 25.4 Å².